The fraction of sp³-hybridized carbons (Fsp3) is 0.0588. The lowest BCUT2D eigenvalue weighted by atomic mass is 10.2. The zero-order valence-corrected chi connectivity index (χ0v) is 14.4. The molecule has 4 aromatic rings. The molecule has 0 aliphatic carbocycles. The molecule has 0 aliphatic rings. The number of nitrogen functional groups attached to an aromatic ring is 1. The summed E-state index contributed by atoms with van der Waals surface area (Å²) in [5.74, 6) is 1.39. The average molecular weight is 369 g/mol. The number of nitrogens with two attached hydrogens (primary N) is 1. The van der Waals surface area contributed by atoms with Gasteiger partial charge in [0.1, 0.15) is 11.4 Å². The van der Waals surface area contributed by atoms with E-state index < -0.39 is 0 Å². The monoisotopic (exact) mass is 368 g/mol. The Kier molecular flexibility index (Phi) is 4.02. The van der Waals surface area contributed by atoms with Crippen LogP contribution in [-0.4, -0.2) is 32.2 Å². The molecule has 8 nitrogen and oxygen atoms in total. The lowest BCUT2D eigenvalue weighted by Gasteiger charge is -2.09. The number of halogens is 1. The summed E-state index contributed by atoms with van der Waals surface area (Å²) in [4.78, 5) is 4.35. The van der Waals surface area contributed by atoms with Crippen molar-refractivity contribution in [1.82, 2.24) is 25.1 Å². The molecule has 0 atom stereocenters. The summed E-state index contributed by atoms with van der Waals surface area (Å²) >= 11 is 6.07. The molecule has 0 aliphatic heterocycles. The van der Waals surface area contributed by atoms with Crippen LogP contribution in [0.4, 0.5) is 5.82 Å². The van der Waals surface area contributed by atoms with E-state index in [0.717, 1.165) is 5.56 Å². The van der Waals surface area contributed by atoms with Gasteiger partial charge >= 0.3 is 0 Å². The lowest BCUT2D eigenvalue weighted by molar-refractivity contribution is 0.411. The molecule has 26 heavy (non-hydrogen) atoms. The Morgan fingerprint density at radius 3 is 2.73 bits per heavy atom. The standard InChI is InChI=1S/C17H13ClN6O2/c1-25-13-8-7-11(18)9-12(13)24-15(19)14(21-23-24)17-20-16(22-26-17)10-5-3-2-4-6-10/h2-9H,19H2,1H3. The number of benzene rings is 2. The number of hydrogen-bond donors (Lipinski definition) is 1. The molecule has 0 fully saturated rings. The summed E-state index contributed by atoms with van der Waals surface area (Å²) in [7, 11) is 1.55. The predicted molar refractivity (Wildman–Crippen MR) is 96.1 cm³/mol. The molecule has 130 valence electrons. The summed E-state index contributed by atoms with van der Waals surface area (Å²) in [6.45, 7) is 0. The lowest BCUT2D eigenvalue weighted by Crippen LogP contribution is -2.04. The zero-order chi connectivity index (χ0) is 18.1. The molecule has 0 bridgehead atoms. The number of anilines is 1. The van der Waals surface area contributed by atoms with E-state index in [4.69, 9.17) is 26.6 Å². The second-order valence-corrected chi connectivity index (χ2v) is 5.78. The molecule has 0 unspecified atom stereocenters. The topological polar surface area (TPSA) is 105 Å². The van der Waals surface area contributed by atoms with E-state index in [2.05, 4.69) is 20.5 Å². The third-order valence-corrected chi connectivity index (χ3v) is 3.97. The first kappa shape index (κ1) is 16.1. The van der Waals surface area contributed by atoms with Gasteiger partial charge in [0.2, 0.25) is 5.82 Å². The molecule has 2 aromatic heterocycles. The molecule has 9 heteroatoms. The smallest absolute Gasteiger partial charge is 0.282 e. The maximum absolute atomic E-state index is 6.20. The van der Waals surface area contributed by atoms with E-state index in [9.17, 15) is 0 Å². The first-order valence-electron chi connectivity index (χ1n) is 7.62. The van der Waals surface area contributed by atoms with Crippen molar-refractivity contribution >= 4 is 17.4 Å². The highest BCUT2D eigenvalue weighted by Gasteiger charge is 2.21. The van der Waals surface area contributed by atoms with Gasteiger partial charge in [-0.3, -0.25) is 0 Å². The molecule has 2 heterocycles. The van der Waals surface area contributed by atoms with E-state index in [1.54, 1.807) is 25.3 Å². The van der Waals surface area contributed by atoms with Crippen molar-refractivity contribution in [2.75, 3.05) is 12.8 Å². The number of hydrogen-bond acceptors (Lipinski definition) is 7. The van der Waals surface area contributed by atoms with Gasteiger partial charge in [0.05, 0.1) is 7.11 Å². The van der Waals surface area contributed by atoms with Crippen molar-refractivity contribution in [3.63, 3.8) is 0 Å². The highest BCUT2D eigenvalue weighted by atomic mass is 35.5. The second kappa shape index (κ2) is 6.49. The first-order valence-corrected chi connectivity index (χ1v) is 8.00. The summed E-state index contributed by atoms with van der Waals surface area (Å²) in [5.41, 5.74) is 7.86. The van der Waals surface area contributed by atoms with Gasteiger partial charge in [-0.25, -0.2) is 0 Å². The van der Waals surface area contributed by atoms with Gasteiger partial charge in [-0.05, 0) is 18.2 Å². The summed E-state index contributed by atoms with van der Waals surface area (Å²) < 4.78 is 12.0. The minimum Gasteiger partial charge on any atom is -0.494 e. The summed E-state index contributed by atoms with van der Waals surface area (Å²) in [6, 6.07) is 14.6. The van der Waals surface area contributed by atoms with Crippen molar-refractivity contribution < 1.29 is 9.26 Å². The molecule has 0 saturated carbocycles. The largest absolute Gasteiger partial charge is 0.494 e. The molecule has 0 radical (unpaired) electrons. The first-order chi connectivity index (χ1) is 12.7. The van der Waals surface area contributed by atoms with Crippen molar-refractivity contribution in [1.29, 1.82) is 0 Å². The quantitative estimate of drug-likeness (QED) is 0.589. The molecule has 2 aromatic carbocycles. The van der Waals surface area contributed by atoms with Crippen LogP contribution in [0, 0.1) is 0 Å². The summed E-state index contributed by atoms with van der Waals surface area (Å²) in [5, 5.41) is 12.6. The van der Waals surface area contributed by atoms with E-state index in [1.165, 1.54) is 4.68 Å². The van der Waals surface area contributed by atoms with Crippen molar-refractivity contribution in [2.45, 2.75) is 0 Å². The SMILES string of the molecule is COc1ccc(Cl)cc1-n1nnc(-c2nc(-c3ccccc3)no2)c1N. The van der Waals surface area contributed by atoms with Gasteiger partial charge in [0, 0.05) is 10.6 Å². The van der Waals surface area contributed by atoms with Crippen molar-refractivity contribution in [3.8, 4) is 34.4 Å². The van der Waals surface area contributed by atoms with Crippen LogP contribution in [-0.2, 0) is 0 Å². The Morgan fingerprint density at radius 2 is 1.96 bits per heavy atom. The average Bonchev–Trinajstić information content (AvgIpc) is 3.29. The van der Waals surface area contributed by atoms with Gasteiger partial charge in [-0.15, -0.1) is 5.10 Å². The maximum Gasteiger partial charge on any atom is 0.282 e. The Labute approximate surface area is 153 Å². The van der Waals surface area contributed by atoms with E-state index >= 15 is 0 Å². The molecular weight excluding hydrogens is 356 g/mol. The number of methoxy groups -OCH3 is 1. The Bertz CT molecular complexity index is 1060. The van der Waals surface area contributed by atoms with Gasteiger partial charge < -0.3 is 15.0 Å². The third kappa shape index (κ3) is 2.76. The Hall–Kier alpha value is -3.39. The summed E-state index contributed by atoms with van der Waals surface area (Å²) in [6.07, 6.45) is 0. The molecule has 0 amide bonds. The number of aromatic nitrogens is 5. The molecule has 0 spiro atoms. The molecule has 0 saturated heterocycles. The molecule has 4 rings (SSSR count). The highest BCUT2D eigenvalue weighted by molar-refractivity contribution is 6.30. The van der Waals surface area contributed by atoms with Crippen LogP contribution in [0.15, 0.2) is 53.1 Å². The van der Waals surface area contributed by atoms with Crippen LogP contribution in [0.2, 0.25) is 5.02 Å². The zero-order valence-electron chi connectivity index (χ0n) is 13.6. The molecular formula is C17H13ClN6O2. The fourth-order valence-corrected chi connectivity index (χ4v) is 2.64. The van der Waals surface area contributed by atoms with Gasteiger partial charge in [0.25, 0.3) is 5.89 Å². The third-order valence-electron chi connectivity index (χ3n) is 3.73. The van der Waals surface area contributed by atoms with E-state index in [0.29, 0.717) is 22.3 Å². The maximum atomic E-state index is 6.20. The number of rotatable bonds is 4. The van der Waals surface area contributed by atoms with Gasteiger partial charge in [-0.2, -0.15) is 9.67 Å². The normalized spacial score (nSPS) is 10.8. The predicted octanol–water partition coefficient (Wildman–Crippen LogP) is 3.23. The highest BCUT2D eigenvalue weighted by Crippen LogP contribution is 2.31. The van der Waals surface area contributed by atoms with Crippen LogP contribution >= 0.6 is 11.6 Å². The molecule has 2 N–H and O–H groups in total. The second-order valence-electron chi connectivity index (χ2n) is 5.34. The van der Waals surface area contributed by atoms with Crippen LogP contribution in [0.3, 0.4) is 0 Å². The van der Waals surface area contributed by atoms with E-state index in [1.807, 2.05) is 30.3 Å². The Morgan fingerprint density at radius 1 is 1.15 bits per heavy atom. The van der Waals surface area contributed by atoms with Crippen molar-refractivity contribution in [3.05, 3.63) is 53.6 Å². The number of nitrogens with zero attached hydrogens (tertiary/aromatic N) is 5. The van der Waals surface area contributed by atoms with Gasteiger partial charge in [0.15, 0.2) is 11.5 Å². The minimum atomic E-state index is 0.175. The van der Waals surface area contributed by atoms with Crippen LogP contribution < -0.4 is 10.5 Å². The van der Waals surface area contributed by atoms with E-state index in [-0.39, 0.29) is 17.4 Å². The number of ether oxygens (including phenoxy) is 1. The fourth-order valence-electron chi connectivity index (χ4n) is 2.47. The van der Waals surface area contributed by atoms with Crippen LogP contribution in [0.1, 0.15) is 0 Å². The van der Waals surface area contributed by atoms with Crippen LogP contribution in [0.25, 0.3) is 28.7 Å². The van der Waals surface area contributed by atoms with Gasteiger partial charge in [-0.1, -0.05) is 52.3 Å². The van der Waals surface area contributed by atoms with Crippen LogP contribution in [0.5, 0.6) is 5.75 Å². The minimum absolute atomic E-state index is 0.175. The van der Waals surface area contributed by atoms with Crippen molar-refractivity contribution in [2.24, 2.45) is 0 Å². The Balaban J connectivity index is 1.75.